The molecule has 0 unspecified atom stereocenters. The highest BCUT2D eigenvalue weighted by molar-refractivity contribution is 7.97. The van der Waals surface area contributed by atoms with Crippen LogP contribution in [0.3, 0.4) is 0 Å². The van der Waals surface area contributed by atoms with Crippen molar-refractivity contribution in [2.45, 2.75) is 5.75 Å². The van der Waals surface area contributed by atoms with Crippen LogP contribution < -0.4 is 0 Å². The van der Waals surface area contributed by atoms with E-state index in [0.717, 1.165) is 17.9 Å². The normalized spacial score (nSPS) is 9.70. The predicted octanol–water partition coefficient (Wildman–Crippen LogP) is 1.09. The van der Waals surface area contributed by atoms with Crippen molar-refractivity contribution in [3.63, 3.8) is 0 Å². The average molecular weight is 156 g/mol. The number of H-pyrrole nitrogens is 1. The Morgan fingerprint density at radius 3 is 3.20 bits per heavy atom. The van der Waals surface area contributed by atoms with Crippen LogP contribution in [0.4, 0.5) is 0 Å². The number of hydrogen-bond acceptors (Lipinski definition) is 3. The maximum Gasteiger partial charge on any atom is 0.167 e. The van der Waals surface area contributed by atoms with Crippen molar-refractivity contribution in [3.05, 3.63) is 17.7 Å². The number of aromatic nitrogens is 2. The highest BCUT2D eigenvalue weighted by atomic mass is 32.2. The molecule has 0 amide bonds. The molecule has 1 heterocycles. The number of rotatable bonds is 3. The number of aldehydes is 1. The lowest BCUT2D eigenvalue weighted by Crippen LogP contribution is -1.83. The van der Waals surface area contributed by atoms with Gasteiger partial charge in [0, 0.05) is 0 Å². The molecule has 0 aliphatic carbocycles. The number of carbonyl (C=O) groups excluding carboxylic acids is 1. The topological polar surface area (TPSA) is 45.8 Å². The maximum atomic E-state index is 10.1. The van der Waals surface area contributed by atoms with E-state index < -0.39 is 0 Å². The number of nitrogens with one attached hydrogen (secondary N) is 1. The minimum Gasteiger partial charge on any atom is -0.339 e. The first-order valence-corrected chi connectivity index (χ1v) is 4.24. The van der Waals surface area contributed by atoms with Gasteiger partial charge in [-0.2, -0.15) is 11.8 Å². The second-order valence-electron chi connectivity index (χ2n) is 1.84. The van der Waals surface area contributed by atoms with Gasteiger partial charge in [-0.05, 0) is 6.26 Å². The summed E-state index contributed by atoms with van der Waals surface area (Å²) in [6.45, 7) is 0. The quantitative estimate of drug-likeness (QED) is 0.666. The molecule has 4 heteroatoms. The third-order valence-corrected chi connectivity index (χ3v) is 1.62. The standard InChI is InChI=1S/C6H8N2OS/c1-10-4-6-7-2-5(3-9)8-6/h2-3H,4H2,1H3,(H,7,8). The summed E-state index contributed by atoms with van der Waals surface area (Å²) < 4.78 is 0. The van der Waals surface area contributed by atoms with Crippen molar-refractivity contribution in [2.75, 3.05) is 6.26 Å². The highest BCUT2D eigenvalue weighted by Gasteiger charge is 1.96. The molecule has 0 saturated carbocycles. The number of nitrogens with zero attached hydrogens (tertiary/aromatic N) is 1. The Labute approximate surface area is 63.2 Å². The predicted molar refractivity (Wildman–Crippen MR) is 41.2 cm³/mol. The molecule has 1 rings (SSSR count). The summed E-state index contributed by atoms with van der Waals surface area (Å²) in [4.78, 5) is 17.0. The third kappa shape index (κ3) is 1.60. The Bertz CT molecular complexity index is 221. The van der Waals surface area contributed by atoms with Crippen molar-refractivity contribution in [1.29, 1.82) is 0 Å². The fourth-order valence-corrected chi connectivity index (χ4v) is 1.07. The molecule has 0 bridgehead atoms. The Morgan fingerprint density at radius 2 is 2.70 bits per heavy atom. The lowest BCUT2D eigenvalue weighted by Gasteiger charge is -1.87. The molecule has 0 atom stereocenters. The van der Waals surface area contributed by atoms with Gasteiger partial charge >= 0.3 is 0 Å². The largest absolute Gasteiger partial charge is 0.339 e. The molecule has 0 aliphatic heterocycles. The highest BCUT2D eigenvalue weighted by Crippen LogP contribution is 2.03. The molecular weight excluding hydrogens is 148 g/mol. The van der Waals surface area contributed by atoms with E-state index >= 15 is 0 Å². The minimum absolute atomic E-state index is 0.545. The Morgan fingerprint density at radius 1 is 1.90 bits per heavy atom. The smallest absolute Gasteiger partial charge is 0.167 e. The van der Waals surface area contributed by atoms with E-state index in [4.69, 9.17) is 0 Å². The lowest BCUT2D eigenvalue weighted by atomic mass is 10.5. The summed E-state index contributed by atoms with van der Waals surface area (Å²) in [7, 11) is 0. The molecule has 1 aromatic heterocycles. The van der Waals surface area contributed by atoms with E-state index in [1.165, 1.54) is 0 Å². The Kier molecular flexibility index (Phi) is 2.50. The molecule has 0 fully saturated rings. The van der Waals surface area contributed by atoms with E-state index in [9.17, 15) is 4.79 Å². The molecule has 0 saturated heterocycles. The summed E-state index contributed by atoms with van der Waals surface area (Å²) >= 11 is 1.67. The first kappa shape index (κ1) is 7.34. The van der Waals surface area contributed by atoms with Crippen LogP contribution in [0.1, 0.15) is 16.3 Å². The van der Waals surface area contributed by atoms with Gasteiger partial charge in [0.25, 0.3) is 0 Å². The molecule has 54 valence electrons. The summed E-state index contributed by atoms with van der Waals surface area (Å²) in [5.74, 6) is 1.68. The van der Waals surface area contributed by atoms with Gasteiger partial charge in [-0.1, -0.05) is 0 Å². The van der Waals surface area contributed by atoms with E-state index in [1.54, 1.807) is 18.0 Å². The van der Waals surface area contributed by atoms with E-state index in [2.05, 4.69) is 9.97 Å². The van der Waals surface area contributed by atoms with E-state index in [1.807, 2.05) is 6.26 Å². The monoisotopic (exact) mass is 156 g/mol. The van der Waals surface area contributed by atoms with Gasteiger partial charge < -0.3 is 4.98 Å². The second-order valence-corrected chi connectivity index (χ2v) is 2.70. The van der Waals surface area contributed by atoms with Gasteiger partial charge in [-0.3, -0.25) is 4.79 Å². The van der Waals surface area contributed by atoms with Crippen LogP contribution in [0.25, 0.3) is 0 Å². The van der Waals surface area contributed by atoms with Crippen LogP contribution in [0.5, 0.6) is 0 Å². The lowest BCUT2D eigenvalue weighted by molar-refractivity contribution is 0.111. The van der Waals surface area contributed by atoms with Gasteiger partial charge in [0.1, 0.15) is 5.82 Å². The molecule has 0 aliphatic rings. The van der Waals surface area contributed by atoms with Gasteiger partial charge in [-0.15, -0.1) is 0 Å². The van der Waals surface area contributed by atoms with E-state index in [-0.39, 0.29) is 0 Å². The van der Waals surface area contributed by atoms with Crippen LogP contribution in [-0.2, 0) is 5.75 Å². The molecule has 0 spiro atoms. The third-order valence-electron chi connectivity index (χ3n) is 1.06. The zero-order chi connectivity index (χ0) is 7.40. The van der Waals surface area contributed by atoms with Crippen LogP contribution in [-0.4, -0.2) is 22.5 Å². The average Bonchev–Trinajstić information content (AvgIpc) is 2.37. The fraction of sp³-hybridized carbons (Fsp3) is 0.333. The van der Waals surface area contributed by atoms with Crippen molar-refractivity contribution in [1.82, 2.24) is 9.97 Å². The molecule has 10 heavy (non-hydrogen) atoms. The van der Waals surface area contributed by atoms with E-state index in [0.29, 0.717) is 5.69 Å². The van der Waals surface area contributed by atoms with Crippen molar-refractivity contribution >= 4 is 18.0 Å². The van der Waals surface area contributed by atoms with Crippen LogP contribution in [0, 0.1) is 0 Å². The van der Waals surface area contributed by atoms with Gasteiger partial charge in [0.2, 0.25) is 0 Å². The molecule has 3 nitrogen and oxygen atoms in total. The van der Waals surface area contributed by atoms with Crippen LogP contribution in [0.2, 0.25) is 0 Å². The fourth-order valence-electron chi connectivity index (χ4n) is 0.649. The summed E-state index contributed by atoms with van der Waals surface area (Å²) in [6.07, 6.45) is 4.29. The summed E-state index contributed by atoms with van der Waals surface area (Å²) in [5, 5.41) is 0. The number of aromatic amines is 1. The minimum atomic E-state index is 0.545. The number of hydrogen-bond donors (Lipinski definition) is 1. The van der Waals surface area contributed by atoms with Gasteiger partial charge in [0.15, 0.2) is 6.29 Å². The Hall–Kier alpha value is -0.770. The number of imidazole rings is 1. The molecule has 0 aromatic carbocycles. The van der Waals surface area contributed by atoms with Crippen LogP contribution in [0.15, 0.2) is 6.20 Å². The SMILES string of the molecule is CSCc1ncc(C=O)[nH]1. The first-order chi connectivity index (χ1) is 4.86. The maximum absolute atomic E-state index is 10.1. The van der Waals surface area contributed by atoms with Crippen molar-refractivity contribution in [2.24, 2.45) is 0 Å². The summed E-state index contributed by atoms with van der Waals surface area (Å²) in [5.41, 5.74) is 0.545. The Balaban J connectivity index is 2.68. The number of carbonyl (C=O) groups is 1. The zero-order valence-electron chi connectivity index (χ0n) is 5.63. The first-order valence-electron chi connectivity index (χ1n) is 2.85. The van der Waals surface area contributed by atoms with Crippen molar-refractivity contribution < 1.29 is 4.79 Å². The molecule has 0 radical (unpaired) electrons. The second kappa shape index (κ2) is 3.41. The van der Waals surface area contributed by atoms with Crippen LogP contribution >= 0.6 is 11.8 Å². The summed E-state index contributed by atoms with van der Waals surface area (Å²) in [6, 6.07) is 0. The van der Waals surface area contributed by atoms with Gasteiger partial charge in [0.05, 0.1) is 17.6 Å². The molecular formula is C6H8N2OS. The van der Waals surface area contributed by atoms with Crippen molar-refractivity contribution in [3.8, 4) is 0 Å². The molecule has 1 aromatic rings. The number of thioether (sulfide) groups is 1. The zero-order valence-corrected chi connectivity index (χ0v) is 6.44. The molecule has 1 N–H and O–H groups in total. The van der Waals surface area contributed by atoms with Gasteiger partial charge in [-0.25, -0.2) is 4.98 Å².